The third kappa shape index (κ3) is 4.22. The van der Waals surface area contributed by atoms with Crippen molar-refractivity contribution >= 4 is 0 Å². The van der Waals surface area contributed by atoms with E-state index < -0.39 is 0 Å². The van der Waals surface area contributed by atoms with E-state index in [0.29, 0.717) is 11.8 Å². The molecule has 4 nitrogen and oxygen atoms in total. The summed E-state index contributed by atoms with van der Waals surface area (Å²) in [4.78, 5) is 6.59. The average molecular weight is 295 g/mol. The van der Waals surface area contributed by atoms with E-state index in [0.717, 1.165) is 31.7 Å². The van der Waals surface area contributed by atoms with Crippen molar-refractivity contribution in [2.24, 2.45) is 11.8 Å². The van der Waals surface area contributed by atoms with Crippen molar-refractivity contribution in [3.05, 3.63) is 29.8 Å². The summed E-state index contributed by atoms with van der Waals surface area (Å²) in [6, 6.07) is 3.31. The van der Waals surface area contributed by atoms with Gasteiger partial charge in [-0.2, -0.15) is 0 Å². The minimum Gasteiger partial charge on any atom is -0.393 e. The van der Waals surface area contributed by atoms with Gasteiger partial charge in [0.25, 0.3) is 0 Å². The van der Waals surface area contributed by atoms with Crippen LogP contribution in [0.15, 0.2) is 18.3 Å². The third-order valence-electron chi connectivity index (χ3n) is 4.44. The fourth-order valence-corrected chi connectivity index (χ4v) is 3.19. The Morgan fingerprint density at radius 1 is 1.52 bits per heavy atom. The van der Waals surface area contributed by atoms with Gasteiger partial charge in [0.2, 0.25) is 0 Å². The van der Waals surface area contributed by atoms with E-state index in [1.807, 2.05) is 7.05 Å². The van der Waals surface area contributed by atoms with Crippen molar-refractivity contribution in [3.8, 4) is 0 Å². The summed E-state index contributed by atoms with van der Waals surface area (Å²) in [7, 11) is 1.91. The minimum atomic E-state index is -0.305. The van der Waals surface area contributed by atoms with Gasteiger partial charge >= 0.3 is 0 Å². The highest BCUT2D eigenvalue weighted by Crippen LogP contribution is 2.24. The van der Waals surface area contributed by atoms with Crippen molar-refractivity contribution in [2.75, 3.05) is 26.7 Å². The molecule has 0 bridgehead atoms. The molecular weight excluding hydrogens is 269 g/mol. The lowest BCUT2D eigenvalue weighted by Gasteiger charge is -2.37. The number of halogens is 1. The molecule has 1 aromatic heterocycles. The molecule has 1 saturated heterocycles. The Bertz CT molecular complexity index is 440. The quantitative estimate of drug-likeness (QED) is 0.870. The molecule has 2 N–H and O–H groups in total. The summed E-state index contributed by atoms with van der Waals surface area (Å²) in [6.45, 7) is 7.09. The molecule has 4 unspecified atom stereocenters. The van der Waals surface area contributed by atoms with E-state index in [4.69, 9.17) is 0 Å². The van der Waals surface area contributed by atoms with E-state index in [-0.39, 0.29) is 18.0 Å². The fraction of sp³-hybridized carbons (Fsp3) is 0.688. The van der Waals surface area contributed by atoms with Crippen molar-refractivity contribution in [1.29, 1.82) is 0 Å². The highest BCUT2D eigenvalue weighted by atomic mass is 19.1. The standard InChI is InChI=1S/C16H26FN3O/c1-11-9-20(7-6-15(11)21)10-12(2)16(18-3)14-5-4-13(17)8-19-14/h4-5,8,11-12,15-16,18,21H,6-7,9-10H2,1-3H3. The molecule has 21 heavy (non-hydrogen) atoms. The van der Waals surface area contributed by atoms with Gasteiger partial charge in [-0.1, -0.05) is 13.8 Å². The van der Waals surface area contributed by atoms with Crippen LogP contribution < -0.4 is 5.32 Å². The number of piperidine rings is 1. The maximum atomic E-state index is 13.0. The largest absolute Gasteiger partial charge is 0.393 e. The molecule has 0 radical (unpaired) electrons. The zero-order valence-electron chi connectivity index (χ0n) is 13.1. The first-order chi connectivity index (χ1) is 10.0. The number of likely N-dealkylation sites (tertiary alicyclic amines) is 1. The molecule has 0 aromatic carbocycles. The first-order valence-corrected chi connectivity index (χ1v) is 7.70. The smallest absolute Gasteiger partial charge is 0.141 e. The second kappa shape index (κ2) is 7.29. The van der Waals surface area contributed by atoms with Crippen molar-refractivity contribution in [2.45, 2.75) is 32.4 Å². The van der Waals surface area contributed by atoms with Crippen LogP contribution in [0.25, 0.3) is 0 Å². The molecule has 0 spiro atoms. The van der Waals surface area contributed by atoms with E-state index in [9.17, 15) is 9.50 Å². The molecule has 1 aliphatic heterocycles. The van der Waals surface area contributed by atoms with E-state index in [1.165, 1.54) is 12.3 Å². The van der Waals surface area contributed by atoms with E-state index in [1.54, 1.807) is 6.07 Å². The van der Waals surface area contributed by atoms with Crippen LogP contribution >= 0.6 is 0 Å². The lowest BCUT2D eigenvalue weighted by Crippen LogP contribution is -2.45. The van der Waals surface area contributed by atoms with E-state index in [2.05, 4.69) is 29.0 Å². The summed E-state index contributed by atoms with van der Waals surface area (Å²) < 4.78 is 13.0. The first-order valence-electron chi connectivity index (χ1n) is 7.70. The van der Waals surface area contributed by atoms with Crippen LogP contribution in [0.2, 0.25) is 0 Å². The Morgan fingerprint density at radius 3 is 2.86 bits per heavy atom. The number of rotatable bonds is 5. The number of hydrogen-bond acceptors (Lipinski definition) is 4. The Kier molecular flexibility index (Phi) is 5.67. The first kappa shape index (κ1) is 16.3. The van der Waals surface area contributed by atoms with Crippen molar-refractivity contribution < 1.29 is 9.50 Å². The Labute approximate surface area is 126 Å². The summed E-state index contributed by atoms with van der Waals surface area (Å²) >= 11 is 0. The van der Waals surface area contributed by atoms with Gasteiger partial charge in [-0.3, -0.25) is 4.98 Å². The maximum absolute atomic E-state index is 13.0. The Morgan fingerprint density at radius 2 is 2.29 bits per heavy atom. The van der Waals surface area contributed by atoms with Crippen LogP contribution in [-0.2, 0) is 0 Å². The summed E-state index contributed by atoms with van der Waals surface area (Å²) in [5.74, 6) is 0.374. The zero-order valence-corrected chi connectivity index (χ0v) is 13.1. The number of aliphatic hydroxyl groups excluding tert-OH is 1. The summed E-state index contributed by atoms with van der Waals surface area (Å²) in [5.41, 5.74) is 0.872. The lowest BCUT2D eigenvalue weighted by atomic mass is 9.93. The molecule has 0 saturated carbocycles. The van der Waals surface area contributed by atoms with Crippen LogP contribution in [0.4, 0.5) is 4.39 Å². The zero-order chi connectivity index (χ0) is 15.4. The van der Waals surface area contributed by atoms with Crippen LogP contribution in [0.3, 0.4) is 0 Å². The van der Waals surface area contributed by atoms with Gasteiger partial charge in [-0.25, -0.2) is 4.39 Å². The number of hydrogen-bond donors (Lipinski definition) is 2. The van der Waals surface area contributed by atoms with Crippen LogP contribution in [0.5, 0.6) is 0 Å². The van der Waals surface area contributed by atoms with Crippen LogP contribution in [0, 0.1) is 17.7 Å². The lowest BCUT2D eigenvalue weighted by molar-refractivity contribution is 0.0278. The number of aliphatic hydroxyl groups is 1. The molecule has 5 heteroatoms. The average Bonchev–Trinajstić information content (AvgIpc) is 2.46. The predicted octanol–water partition coefficient (Wildman–Crippen LogP) is 1.82. The Hall–Kier alpha value is -1.04. The summed E-state index contributed by atoms with van der Waals surface area (Å²) in [6.07, 6.45) is 1.94. The second-order valence-corrected chi connectivity index (χ2v) is 6.24. The summed E-state index contributed by atoms with van der Waals surface area (Å²) in [5, 5.41) is 13.1. The Balaban J connectivity index is 1.97. The molecular formula is C16H26FN3O. The number of nitrogens with one attached hydrogen (secondary N) is 1. The normalized spacial score (nSPS) is 26.5. The molecule has 4 atom stereocenters. The molecule has 0 amide bonds. The molecule has 1 aromatic rings. The van der Waals surface area contributed by atoms with Crippen molar-refractivity contribution in [1.82, 2.24) is 15.2 Å². The molecule has 2 heterocycles. The van der Waals surface area contributed by atoms with Gasteiger partial charge in [0.1, 0.15) is 5.82 Å². The maximum Gasteiger partial charge on any atom is 0.141 e. The van der Waals surface area contributed by atoms with Crippen LogP contribution in [-0.4, -0.2) is 47.8 Å². The highest BCUT2D eigenvalue weighted by Gasteiger charge is 2.27. The van der Waals surface area contributed by atoms with Gasteiger partial charge in [0, 0.05) is 19.6 Å². The third-order valence-corrected chi connectivity index (χ3v) is 4.44. The second-order valence-electron chi connectivity index (χ2n) is 6.24. The fourth-order valence-electron chi connectivity index (χ4n) is 3.19. The number of aromatic nitrogens is 1. The van der Waals surface area contributed by atoms with Gasteiger partial charge in [-0.15, -0.1) is 0 Å². The highest BCUT2D eigenvalue weighted by molar-refractivity contribution is 5.11. The molecule has 0 aliphatic carbocycles. The van der Waals surface area contributed by atoms with Gasteiger partial charge in [0.05, 0.1) is 24.0 Å². The molecule has 1 fully saturated rings. The van der Waals surface area contributed by atoms with Crippen LogP contribution in [0.1, 0.15) is 32.0 Å². The SMILES string of the molecule is CNC(c1ccc(F)cn1)C(C)CN1CCC(O)C(C)C1. The number of pyridine rings is 1. The van der Waals surface area contributed by atoms with Gasteiger partial charge in [-0.05, 0) is 37.4 Å². The number of nitrogens with zero attached hydrogens (tertiary/aromatic N) is 2. The van der Waals surface area contributed by atoms with E-state index >= 15 is 0 Å². The molecule has 2 rings (SSSR count). The predicted molar refractivity (Wildman–Crippen MR) is 81.4 cm³/mol. The minimum absolute atomic E-state index is 0.104. The van der Waals surface area contributed by atoms with Gasteiger partial charge in [0.15, 0.2) is 0 Å². The van der Waals surface area contributed by atoms with Crippen molar-refractivity contribution in [3.63, 3.8) is 0 Å². The van der Waals surface area contributed by atoms with Gasteiger partial charge < -0.3 is 15.3 Å². The molecule has 118 valence electrons. The monoisotopic (exact) mass is 295 g/mol. The molecule has 1 aliphatic rings. The topological polar surface area (TPSA) is 48.4 Å².